The Morgan fingerprint density at radius 2 is 2.22 bits per heavy atom. The van der Waals surface area contributed by atoms with Crippen LogP contribution in [-0.2, 0) is 16.4 Å². The largest absolute Gasteiger partial charge is 0.311 e. The van der Waals surface area contributed by atoms with Crippen molar-refractivity contribution >= 4 is 9.84 Å². The molecule has 100 valence electrons. The summed E-state index contributed by atoms with van der Waals surface area (Å²) in [5, 5.41) is 2.89. The molecule has 0 spiro atoms. The van der Waals surface area contributed by atoms with Gasteiger partial charge in [0.1, 0.15) is 5.82 Å². The number of aryl methyl sites for hydroxylation is 1. The minimum absolute atomic E-state index is 0.211. The van der Waals surface area contributed by atoms with Gasteiger partial charge in [-0.25, -0.2) is 12.8 Å². The normalized spacial score (nSPS) is 22.2. The maximum atomic E-state index is 13.1. The van der Waals surface area contributed by atoms with Crippen molar-refractivity contribution in [1.82, 2.24) is 5.32 Å². The van der Waals surface area contributed by atoms with E-state index < -0.39 is 9.84 Å². The van der Waals surface area contributed by atoms with Gasteiger partial charge in [-0.1, -0.05) is 12.1 Å². The van der Waals surface area contributed by atoms with Crippen molar-refractivity contribution in [2.75, 3.05) is 12.3 Å². The predicted molar refractivity (Wildman–Crippen MR) is 69.7 cm³/mol. The highest BCUT2D eigenvalue weighted by atomic mass is 32.2. The second kappa shape index (κ2) is 5.36. The minimum Gasteiger partial charge on any atom is -0.311 e. The molecule has 1 heterocycles. The highest BCUT2D eigenvalue weighted by molar-refractivity contribution is 7.92. The summed E-state index contributed by atoms with van der Waals surface area (Å²) in [6.07, 6.45) is 1.52. The zero-order valence-corrected chi connectivity index (χ0v) is 11.3. The van der Waals surface area contributed by atoms with Crippen molar-refractivity contribution < 1.29 is 12.8 Å². The van der Waals surface area contributed by atoms with Gasteiger partial charge in [-0.3, -0.25) is 0 Å². The molecule has 5 heteroatoms. The SMILES string of the molecule is Cc1cc(CNCC2CCCS2(=O)=O)ccc1F. The lowest BCUT2D eigenvalue weighted by atomic mass is 10.1. The molecule has 0 saturated carbocycles. The number of nitrogens with one attached hydrogen (secondary N) is 1. The molecular formula is C13H18FNO2S. The van der Waals surface area contributed by atoms with Crippen LogP contribution in [0.3, 0.4) is 0 Å². The molecule has 1 saturated heterocycles. The van der Waals surface area contributed by atoms with Crippen LogP contribution < -0.4 is 5.32 Å². The van der Waals surface area contributed by atoms with Gasteiger partial charge in [0.25, 0.3) is 0 Å². The van der Waals surface area contributed by atoms with E-state index in [1.807, 2.05) is 0 Å². The zero-order valence-electron chi connectivity index (χ0n) is 10.4. The molecule has 1 N–H and O–H groups in total. The molecule has 3 nitrogen and oxygen atoms in total. The molecule has 1 unspecified atom stereocenters. The van der Waals surface area contributed by atoms with E-state index in [0.29, 0.717) is 24.4 Å². The summed E-state index contributed by atoms with van der Waals surface area (Å²) in [7, 11) is -2.88. The van der Waals surface area contributed by atoms with Crippen LogP contribution in [0.4, 0.5) is 4.39 Å². The van der Waals surface area contributed by atoms with Crippen molar-refractivity contribution in [1.29, 1.82) is 0 Å². The molecular weight excluding hydrogens is 253 g/mol. The Balaban J connectivity index is 1.87. The van der Waals surface area contributed by atoms with Gasteiger partial charge in [0.15, 0.2) is 9.84 Å². The first-order chi connectivity index (χ1) is 8.49. The highest BCUT2D eigenvalue weighted by Crippen LogP contribution is 2.19. The van der Waals surface area contributed by atoms with Gasteiger partial charge < -0.3 is 5.32 Å². The lowest BCUT2D eigenvalue weighted by Crippen LogP contribution is -2.30. The number of rotatable bonds is 4. The topological polar surface area (TPSA) is 46.2 Å². The van der Waals surface area contributed by atoms with Crippen molar-refractivity contribution in [2.45, 2.75) is 31.6 Å². The summed E-state index contributed by atoms with van der Waals surface area (Å²) in [5.74, 6) is 0.103. The first kappa shape index (κ1) is 13.5. The summed E-state index contributed by atoms with van der Waals surface area (Å²) in [6.45, 7) is 2.78. The van der Waals surface area contributed by atoms with E-state index in [1.54, 1.807) is 19.1 Å². The van der Waals surface area contributed by atoms with Crippen molar-refractivity contribution in [3.8, 4) is 0 Å². The zero-order chi connectivity index (χ0) is 13.2. The Bertz CT molecular complexity index is 528. The molecule has 1 fully saturated rings. The third kappa shape index (κ3) is 3.09. The smallest absolute Gasteiger partial charge is 0.154 e. The maximum absolute atomic E-state index is 13.1. The maximum Gasteiger partial charge on any atom is 0.154 e. The lowest BCUT2D eigenvalue weighted by molar-refractivity contribution is 0.573. The third-order valence-corrected chi connectivity index (χ3v) is 5.66. The van der Waals surface area contributed by atoms with Gasteiger partial charge in [0.2, 0.25) is 0 Å². The Kier molecular flexibility index (Phi) is 4.02. The Morgan fingerprint density at radius 1 is 1.44 bits per heavy atom. The molecule has 0 amide bonds. The fourth-order valence-corrected chi connectivity index (χ4v) is 4.08. The molecule has 1 aliphatic heterocycles. The van der Waals surface area contributed by atoms with Crippen LogP contribution in [0.1, 0.15) is 24.0 Å². The quantitative estimate of drug-likeness (QED) is 0.908. The summed E-state index contributed by atoms with van der Waals surface area (Å²) in [5.41, 5.74) is 1.59. The van der Waals surface area contributed by atoms with Crippen LogP contribution in [0.2, 0.25) is 0 Å². The average Bonchev–Trinajstić information content (AvgIpc) is 2.63. The molecule has 0 radical (unpaired) electrons. The number of sulfone groups is 1. The summed E-state index contributed by atoms with van der Waals surface area (Å²) in [4.78, 5) is 0. The van der Waals surface area contributed by atoms with E-state index in [9.17, 15) is 12.8 Å². The first-order valence-corrected chi connectivity index (χ1v) is 7.88. The van der Waals surface area contributed by atoms with Crippen LogP contribution in [0, 0.1) is 12.7 Å². The van der Waals surface area contributed by atoms with E-state index >= 15 is 0 Å². The van der Waals surface area contributed by atoms with Gasteiger partial charge in [0.05, 0.1) is 11.0 Å². The van der Waals surface area contributed by atoms with Gasteiger partial charge in [-0.05, 0) is 37.0 Å². The van der Waals surface area contributed by atoms with Crippen LogP contribution >= 0.6 is 0 Å². The number of halogens is 1. The van der Waals surface area contributed by atoms with Crippen LogP contribution in [-0.4, -0.2) is 26.0 Å². The Labute approximate surface area is 107 Å². The standard InChI is InChI=1S/C13H18FNO2S/c1-10-7-11(4-5-13(10)14)8-15-9-12-3-2-6-18(12,16)17/h4-5,7,12,15H,2-3,6,8-9H2,1H3. The highest BCUT2D eigenvalue weighted by Gasteiger charge is 2.30. The third-order valence-electron chi connectivity index (χ3n) is 3.39. The fraction of sp³-hybridized carbons (Fsp3) is 0.538. The minimum atomic E-state index is -2.88. The van der Waals surface area contributed by atoms with Gasteiger partial charge in [-0.15, -0.1) is 0 Å². The molecule has 2 rings (SSSR count). The van der Waals surface area contributed by atoms with Crippen LogP contribution in [0.5, 0.6) is 0 Å². The monoisotopic (exact) mass is 271 g/mol. The van der Waals surface area contributed by atoms with Gasteiger partial charge in [0, 0.05) is 13.1 Å². The molecule has 0 aliphatic carbocycles. The molecule has 1 atom stereocenters. The van der Waals surface area contributed by atoms with E-state index in [-0.39, 0.29) is 11.1 Å². The average molecular weight is 271 g/mol. The van der Waals surface area contributed by atoms with Crippen LogP contribution in [0.15, 0.2) is 18.2 Å². The number of benzene rings is 1. The molecule has 1 aliphatic rings. The lowest BCUT2D eigenvalue weighted by Gasteiger charge is -2.11. The van der Waals surface area contributed by atoms with Gasteiger partial charge in [-0.2, -0.15) is 0 Å². The molecule has 18 heavy (non-hydrogen) atoms. The van der Waals surface area contributed by atoms with E-state index in [4.69, 9.17) is 0 Å². The second-order valence-corrected chi connectivity index (χ2v) is 7.25. The fourth-order valence-electron chi connectivity index (χ4n) is 2.28. The molecule has 0 bridgehead atoms. The number of hydrogen-bond acceptors (Lipinski definition) is 3. The molecule has 1 aromatic carbocycles. The molecule has 1 aromatic rings. The second-order valence-electron chi connectivity index (χ2n) is 4.85. The number of hydrogen-bond donors (Lipinski definition) is 1. The van der Waals surface area contributed by atoms with Crippen molar-refractivity contribution in [3.05, 3.63) is 35.1 Å². The Morgan fingerprint density at radius 3 is 2.83 bits per heavy atom. The van der Waals surface area contributed by atoms with Gasteiger partial charge >= 0.3 is 0 Å². The van der Waals surface area contributed by atoms with Crippen LogP contribution in [0.25, 0.3) is 0 Å². The summed E-state index contributed by atoms with van der Waals surface area (Å²) >= 11 is 0. The van der Waals surface area contributed by atoms with Crippen molar-refractivity contribution in [3.63, 3.8) is 0 Å². The van der Waals surface area contributed by atoms with E-state index in [0.717, 1.165) is 18.4 Å². The van der Waals surface area contributed by atoms with E-state index in [1.165, 1.54) is 6.07 Å². The van der Waals surface area contributed by atoms with Crippen molar-refractivity contribution in [2.24, 2.45) is 0 Å². The predicted octanol–water partition coefficient (Wildman–Crippen LogP) is 1.80. The Hall–Kier alpha value is -0.940. The summed E-state index contributed by atoms with van der Waals surface area (Å²) < 4.78 is 36.3. The molecule has 0 aromatic heterocycles. The summed E-state index contributed by atoms with van der Waals surface area (Å²) in [6, 6.07) is 4.95. The first-order valence-electron chi connectivity index (χ1n) is 6.16. The van der Waals surface area contributed by atoms with E-state index in [2.05, 4.69) is 5.32 Å².